The first-order chi connectivity index (χ1) is 9.95. The highest BCUT2D eigenvalue weighted by Gasteiger charge is 2.47. The maximum Gasteiger partial charge on any atom is 0.511 e. The molecule has 7 heteroatoms. The van der Waals surface area contributed by atoms with E-state index in [1.807, 2.05) is 0 Å². The molecule has 3 N–H and O–H groups in total. The molecule has 0 fully saturated rings. The molecule has 0 saturated carbocycles. The zero-order valence-electron chi connectivity index (χ0n) is 11.0. The first kappa shape index (κ1) is 14.7. The van der Waals surface area contributed by atoms with Crippen molar-refractivity contribution in [1.82, 2.24) is 0 Å². The number of carbonyl (C=O) groups is 1. The van der Waals surface area contributed by atoms with Crippen LogP contribution in [-0.4, -0.2) is 21.7 Å². The Bertz CT molecular complexity index is 611. The molecule has 1 aliphatic rings. The molecule has 0 spiro atoms. The summed E-state index contributed by atoms with van der Waals surface area (Å²) in [5.41, 5.74) is 5.19. The van der Waals surface area contributed by atoms with Gasteiger partial charge >= 0.3 is 6.16 Å². The Balaban J connectivity index is 2.29. The Morgan fingerprint density at radius 2 is 2.10 bits per heavy atom. The summed E-state index contributed by atoms with van der Waals surface area (Å²) in [6.45, 7) is 0. The standard InChI is InChI=1S/C14H14N2O5/c15-12(10-4-2-1-3-5-10)14(16(19)20)8-6-11(7-9-14)21-13(17)18/h1-8,12H,9,15H2,(H,17,18). The second kappa shape index (κ2) is 5.76. The number of rotatable bonds is 4. The van der Waals surface area contributed by atoms with Crippen molar-refractivity contribution >= 4 is 6.16 Å². The molecule has 110 valence electrons. The SMILES string of the molecule is NC(c1ccccc1)C1([N+](=O)[O-])C=CC(OC(=O)O)=CC1. The van der Waals surface area contributed by atoms with Crippen molar-refractivity contribution in [3.05, 3.63) is 70.0 Å². The van der Waals surface area contributed by atoms with Crippen molar-refractivity contribution in [3.63, 3.8) is 0 Å². The van der Waals surface area contributed by atoms with Gasteiger partial charge in [0.25, 0.3) is 5.54 Å². The largest absolute Gasteiger partial charge is 0.511 e. The summed E-state index contributed by atoms with van der Waals surface area (Å²) in [7, 11) is 0. The van der Waals surface area contributed by atoms with Gasteiger partial charge < -0.3 is 15.6 Å². The van der Waals surface area contributed by atoms with Gasteiger partial charge in [-0.3, -0.25) is 10.1 Å². The van der Waals surface area contributed by atoms with Gasteiger partial charge in [0.1, 0.15) is 11.8 Å². The average molecular weight is 290 g/mol. The van der Waals surface area contributed by atoms with Gasteiger partial charge in [-0.2, -0.15) is 0 Å². The lowest BCUT2D eigenvalue weighted by Gasteiger charge is -2.29. The molecule has 2 unspecified atom stereocenters. The lowest BCUT2D eigenvalue weighted by Crippen LogP contribution is -2.47. The van der Waals surface area contributed by atoms with Crippen LogP contribution in [0.4, 0.5) is 4.79 Å². The van der Waals surface area contributed by atoms with E-state index in [2.05, 4.69) is 4.74 Å². The van der Waals surface area contributed by atoms with Gasteiger partial charge in [-0.25, -0.2) is 4.79 Å². The zero-order valence-corrected chi connectivity index (χ0v) is 11.0. The third-order valence-corrected chi connectivity index (χ3v) is 3.41. The second-order valence-corrected chi connectivity index (χ2v) is 4.65. The van der Waals surface area contributed by atoms with Crippen molar-refractivity contribution in [1.29, 1.82) is 0 Å². The van der Waals surface area contributed by atoms with Crippen LogP contribution in [0.25, 0.3) is 0 Å². The van der Waals surface area contributed by atoms with E-state index < -0.39 is 22.7 Å². The van der Waals surface area contributed by atoms with Crippen LogP contribution in [0.5, 0.6) is 0 Å². The molecule has 2 rings (SSSR count). The topological polar surface area (TPSA) is 116 Å². The van der Waals surface area contributed by atoms with E-state index in [9.17, 15) is 14.9 Å². The molecular weight excluding hydrogens is 276 g/mol. The lowest BCUT2D eigenvalue weighted by molar-refractivity contribution is -0.559. The van der Waals surface area contributed by atoms with E-state index in [1.54, 1.807) is 30.3 Å². The van der Waals surface area contributed by atoms with Crippen molar-refractivity contribution in [2.24, 2.45) is 5.73 Å². The summed E-state index contributed by atoms with van der Waals surface area (Å²) in [6, 6.07) is 7.89. The Hall–Kier alpha value is -2.67. The molecule has 7 nitrogen and oxygen atoms in total. The Morgan fingerprint density at radius 1 is 1.43 bits per heavy atom. The molecule has 0 aromatic heterocycles. The Kier molecular flexibility index (Phi) is 4.04. The van der Waals surface area contributed by atoms with Crippen LogP contribution in [0, 0.1) is 10.1 Å². The molecule has 21 heavy (non-hydrogen) atoms. The van der Waals surface area contributed by atoms with Crippen LogP contribution in [0.3, 0.4) is 0 Å². The van der Waals surface area contributed by atoms with E-state index in [1.165, 1.54) is 18.2 Å². The van der Waals surface area contributed by atoms with Crippen LogP contribution in [-0.2, 0) is 4.74 Å². The predicted octanol–water partition coefficient (Wildman–Crippen LogP) is 2.24. The number of ether oxygens (including phenoxy) is 1. The minimum atomic E-state index is -1.52. The maximum atomic E-state index is 11.5. The van der Waals surface area contributed by atoms with Crippen molar-refractivity contribution in [3.8, 4) is 0 Å². The molecule has 0 radical (unpaired) electrons. The summed E-state index contributed by atoms with van der Waals surface area (Å²) < 4.78 is 4.48. The second-order valence-electron chi connectivity index (χ2n) is 4.65. The maximum absolute atomic E-state index is 11.5. The van der Waals surface area contributed by atoms with Crippen LogP contribution in [0.2, 0.25) is 0 Å². The molecule has 1 aliphatic carbocycles. The minimum Gasteiger partial charge on any atom is -0.449 e. The number of hydrogen-bond acceptors (Lipinski definition) is 5. The first-order valence-corrected chi connectivity index (χ1v) is 6.21. The van der Waals surface area contributed by atoms with Crippen molar-refractivity contribution in [2.45, 2.75) is 18.0 Å². The molecule has 0 aliphatic heterocycles. The molecule has 0 saturated heterocycles. The number of nitro groups is 1. The molecule has 1 aromatic carbocycles. The summed E-state index contributed by atoms with van der Waals surface area (Å²) in [4.78, 5) is 21.5. The van der Waals surface area contributed by atoms with Gasteiger partial charge in [0.05, 0.1) is 0 Å². The number of carboxylic acid groups (broad SMARTS) is 1. The smallest absolute Gasteiger partial charge is 0.449 e. The van der Waals surface area contributed by atoms with Crippen LogP contribution >= 0.6 is 0 Å². The summed E-state index contributed by atoms with van der Waals surface area (Å²) in [5, 5.41) is 20.0. The highest BCUT2D eigenvalue weighted by molar-refractivity contribution is 5.59. The zero-order chi connectivity index (χ0) is 15.5. The van der Waals surface area contributed by atoms with Gasteiger partial charge in [0.15, 0.2) is 0 Å². The molecule has 0 amide bonds. The van der Waals surface area contributed by atoms with Crippen molar-refractivity contribution < 1.29 is 19.6 Å². The number of nitrogens with two attached hydrogens (primary N) is 1. The fourth-order valence-corrected chi connectivity index (χ4v) is 2.23. The average Bonchev–Trinajstić information content (AvgIpc) is 2.47. The normalized spacial score (nSPS) is 22.2. The van der Waals surface area contributed by atoms with Gasteiger partial charge in [-0.05, 0) is 23.8 Å². The fourth-order valence-electron chi connectivity index (χ4n) is 2.23. The summed E-state index contributed by atoms with van der Waals surface area (Å²) >= 11 is 0. The number of hydrogen-bond donors (Lipinski definition) is 2. The molecule has 1 aromatic rings. The van der Waals surface area contributed by atoms with Gasteiger partial charge in [0, 0.05) is 11.3 Å². The third-order valence-electron chi connectivity index (χ3n) is 3.41. The number of benzene rings is 1. The Morgan fingerprint density at radius 3 is 2.57 bits per heavy atom. The van der Waals surface area contributed by atoms with E-state index in [0.717, 1.165) is 0 Å². The van der Waals surface area contributed by atoms with E-state index in [0.29, 0.717) is 5.56 Å². The number of nitrogens with zero attached hydrogens (tertiary/aromatic N) is 1. The summed E-state index contributed by atoms with van der Waals surface area (Å²) in [6.07, 6.45) is 2.41. The van der Waals surface area contributed by atoms with Crippen LogP contribution in [0.1, 0.15) is 18.0 Å². The highest BCUT2D eigenvalue weighted by Crippen LogP contribution is 2.35. The van der Waals surface area contributed by atoms with E-state index >= 15 is 0 Å². The van der Waals surface area contributed by atoms with Gasteiger partial charge in [-0.1, -0.05) is 30.3 Å². The monoisotopic (exact) mass is 290 g/mol. The number of allylic oxidation sites excluding steroid dienone is 1. The molecule has 0 bridgehead atoms. The first-order valence-electron chi connectivity index (χ1n) is 6.21. The van der Waals surface area contributed by atoms with Crippen molar-refractivity contribution in [2.75, 3.05) is 0 Å². The molecular formula is C14H14N2O5. The fraction of sp³-hybridized carbons (Fsp3) is 0.214. The van der Waals surface area contributed by atoms with Crippen LogP contribution < -0.4 is 5.73 Å². The summed E-state index contributed by atoms with van der Waals surface area (Å²) in [5.74, 6) is 0.0558. The van der Waals surface area contributed by atoms with E-state index in [4.69, 9.17) is 10.8 Å². The quantitative estimate of drug-likeness (QED) is 0.499. The third kappa shape index (κ3) is 2.92. The Labute approximate surface area is 120 Å². The van der Waals surface area contributed by atoms with Gasteiger partial charge in [0.2, 0.25) is 0 Å². The minimum absolute atomic E-state index is 0.0465. The lowest BCUT2D eigenvalue weighted by atomic mass is 9.81. The van der Waals surface area contributed by atoms with E-state index in [-0.39, 0.29) is 12.2 Å². The van der Waals surface area contributed by atoms with Gasteiger partial charge in [-0.15, -0.1) is 0 Å². The molecule has 2 atom stereocenters. The highest BCUT2D eigenvalue weighted by atomic mass is 16.7. The molecule has 0 heterocycles. The van der Waals surface area contributed by atoms with Crippen LogP contribution in [0.15, 0.2) is 54.3 Å². The predicted molar refractivity (Wildman–Crippen MR) is 74.0 cm³/mol.